The van der Waals surface area contributed by atoms with Gasteiger partial charge in [0.05, 0.1) is 10.8 Å². The number of carbonyl (C=O) groups is 1. The molecule has 1 fully saturated rings. The van der Waals surface area contributed by atoms with E-state index in [0.29, 0.717) is 12.8 Å². The molecule has 2 atom stereocenters. The summed E-state index contributed by atoms with van der Waals surface area (Å²) in [7, 11) is -1.44. The van der Waals surface area contributed by atoms with E-state index in [1.165, 1.54) is 6.07 Å². The summed E-state index contributed by atoms with van der Waals surface area (Å²) in [5.74, 6) is -1.86. The SMILES string of the molecule is O=C1CCCC(S(=O)c2ccc(F)c(F)c2)C1. The molecule has 1 saturated carbocycles. The van der Waals surface area contributed by atoms with Crippen LogP contribution in [-0.2, 0) is 15.6 Å². The van der Waals surface area contributed by atoms with Gasteiger partial charge >= 0.3 is 0 Å². The molecule has 0 radical (unpaired) electrons. The Morgan fingerprint density at radius 2 is 2.00 bits per heavy atom. The van der Waals surface area contributed by atoms with Crippen LogP contribution in [0.3, 0.4) is 0 Å². The molecule has 0 N–H and O–H groups in total. The Balaban J connectivity index is 2.18. The summed E-state index contributed by atoms with van der Waals surface area (Å²) in [6.07, 6.45) is 2.22. The number of hydrogen-bond donors (Lipinski definition) is 0. The van der Waals surface area contributed by atoms with Crippen LogP contribution in [0.4, 0.5) is 8.78 Å². The average Bonchev–Trinajstić information content (AvgIpc) is 2.32. The second-order valence-corrected chi connectivity index (χ2v) is 5.86. The van der Waals surface area contributed by atoms with Crippen molar-refractivity contribution in [3.05, 3.63) is 29.8 Å². The van der Waals surface area contributed by atoms with Gasteiger partial charge in [-0.15, -0.1) is 0 Å². The standard InChI is InChI=1S/C12H12F2O2S/c13-11-5-4-10(7-12(11)14)17(16)9-3-1-2-8(15)6-9/h4-5,7,9H,1-3,6H2. The highest BCUT2D eigenvalue weighted by Crippen LogP contribution is 2.24. The number of benzene rings is 1. The Hall–Kier alpha value is -1.10. The van der Waals surface area contributed by atoms with Crippen LogP contribution in [0, 0.1) is 11.6 Å². The third-order valence-corrected chi connectivity index (χ3v) is 4.59. The van der Waals surface area contributed by atoms with Crippen LogP contribution in [0.5, 0.6) is 0 Å². The predicted octanol–water partition coefficient (Wildman–Crippen LogP) is 2.58. The van der Waals surface area contributed by atoms with Gasteiger partial charge in [-0.1, -0.05) is 0 Å². The van der Waals surface area contributed by atoms with Crippen molar-refractivity contribution in [2.45, 2.75) is 35.8 Å². The van der Waals surface area contributed by atoms with E-state index in [0.717, 1.165) is 18.6 Å². The molecule has 0 spiro atoms. The Bertz CT molecular complexity index is 474. The van der Waals surface area contributed by atoms with Crippen LogP contribution < -0.4 is 0 Å². The van der Waals surface area contributed by atoms with Gasteiger partial charge in [-0.05, 0) is 31.0 Å². The molecule has 0 bridgehead atoms. The number of ketones is 1. The molecule has 2 unspecified atom stereocenters. The van der Waals surface area contributed by atoms with Gasteiger partial charge in [-0.2, -0.15) is 0 Å². The zero-order valence-electron chi connectivity index (χ0n) is 9.12. The number of carbonyl (C=O) groups excluding carboxylic acids is 1. The highest BCUT2D eigenvalue weighted by Gasteiger charge is 2.25. The van der Waals surface area contributed by atoms with Crippen LogP contribution in [0.1, 0.15) is 25.7 Å². The fourth-order valence-electron chi connectivity index (χ4n) is 1.96. The van der Waals surface area contributed by atoms with E-state index < -0.39 is 22.4 Å². The molecule has 1 aromatic carbocycles. The van der Waals surface area contributed by atoms with Crippen molar-refractivity contribution in [1.82, 2.24) is 0 Å². The maximum atomic E-state index is 13.0. The molecular weight excluding hydrogens is 246 g/mol. The predicted molar refractivity (Wildman–Crippen MR) is 60.0 cm³/mol. The summed E-state index contributed by atoms with van der Waals surface area (Å²) in [6, 6.07) is 3.23. The van der Waals surface area contributed by atoms with Crippen molar-refractivity contribution in [1.29, 1.82) is 0 Å². The Morgan fingerprint density at radius 1 is 1.24 bits per heavy atom. The largest absolute Gasteiger partial charge is 0.300 e. The zero-order valence-corrected chi connectivity index (χ0v) is 9.93. The minimum Gasteiger partial charge on any atom is -0.300 e. The van der Waals surface area contributed by atoms with Gasteiger partial charge in [-0.25, -0.2) is 8.78 Å². The molecule has 0 saturated heterocycles. The second kappa shape index (κ2) is 5.04. The number of hydrogen-bond acceptors (Lipinski definition) is 2. The molecule has 0 heterocycles. The zero-order chi connectivity index (χ0) is 12.4. The maximum absolute atomic E-state index is 13.0. The van der Waals surface area contributed by atoms with Crippen molar-refractivity contribution in [3.8, 4) is 0 Å². The number of rotatable bonds is 2. The summed E-state index contributed by atoms with van der Waals surface area (Å²) >= 11 is 0. The minimum atomic E-state index is -1.44. The average molecular weight is 258 g/mol. The molecule has 17 heavy (non-hydrogen) atoms. The summed E-state index contributed by atoms with van der Waals surface area (Å²) in [6.45, 7) is 0. The van der Waals surface area contributed by atoms with Crippen molar-refractivity contribution < 1.29 is 17.8 Å². The van der Waals surface area contributed by atoms with E-state index in [1.54, 1.807) is 0 Å². The lowest BCUT2D eigenvalue weighted by Crippen LogP contribution is -2.24. The third-order valence-electron chi connectivity index (χ3n) is 2.86. The van der Waals surface area contributed by atoms with Crippen LogP contribution in [0.25, 0.3) is 0 Å². The first-order valence-corrected chi connectivity index (χ1v) is 6.66. The van der Waals surface area contributed by atoms with Crippen LogP contribution >= 0.6 is 0 Å². The van der Waals surface area contributed by atoms with Gasteiger partial charge in [-0.3, -0.25) is 9.00 Å². The molecule has 5 heteroatoms. The molecule has 1 aliphatic rings. The molecule has 1 aliphatic carbocycles. The first kappa shape index (κ1) is 12.4. The van der Waals surface area contributed by atoms with E-state index in [-0.39, 0.29) is 22.3 Å². The molecule has 92 valence electrons. The van der Waals surface area contributed by atoms with Crippen molar-refractivity contribution in [2.75, 3.05) is 0 Å². The molecule has 0 aromatic heterocycles. The highest BCUT2D eigenvalue weighted by atomic mass is 32.2. The molecule has 2 rings (SSSR count). The van der Waals surface area contributed by atoms with Crippen molar-refractivity contribution >= 4 is 16.6 Å². The van der Waals surface area contributed by atoms with E-state index in [2.05, 4.69) is 0 Å². The van der Waals surface area contributed by atoms with Gasteiger partial charge in [0, 0.05) is 23.0 Å². The minimum absolute atomic E-state index is 0.0946. The monoisotopic (exact) mass is 258 g/mol. The summed E-state index contributed by atoms with van der Waals surface area (Å²) in [5.41, 5.74) is 0. The first-order valence-electron chi connectivity index (χ1n) is 5.45. The second-order valence-electron chi connectivity index (χ2n) is 4.13. The quantitative estimate of drug-likeness (QED) is 0.817. The van der Waals surface area contributed by atoms with Crippen LogP contribution in [0.15, 0.2) is 23.1 Å². The lowest BCUT2D eigenvalue weighted by Gasteiger charge is -2.20. The van der Waals surface area contributed by atoms with E-state index in [9.17, 15) is 17.8 Å². The molecular formula is C12H12F2O2S. The van der Waals surface area contributed by atoms with Gasteiger partial charge in [0.2, 0.25) is 0 Å². The first-order chi connectivity index (χ1) is 8.08. The Morgan fingerprint density at radius 3 is 2.65 bits per heavy atom. The van der Waals surface area contributed by atoms with Crippen molar-refractivity contribution in [3.63, 3.8) is 0 Å². The van der Waals surface area contributed by atoms with E-state index in [4.69, 9.17) is 0 Å². The molecule has 1 aromatic rings. The van der Waals surface area contributed by atoms with Gasteiger partial charge in [0.1, 0.15) is 5.78 Å². The number of Topliss-reactive ketones (excluding diaryl/α,β-unsaturated/α-hetero) is 1. The normalized spacial score (nSPS) is 22.5. The third kappa shape index (κ3) is 2.77. The summed E-state index contributed by atoms with van der Waals surface area (Å²) in [5, 5.41) is -0.263. The maximum Gasteiger partial charge on any atom is 0.160 e. The lowest BCUT2D eigenvalue weighted by atomic mass is 9.99. The van der Waals surface area contributed by atoms with Gasteiger partial charge < -0.3 is 0 Å². The smallest absolute Gasteiger partial charge is 0.160 e. The molecule has 0 aliphatic heterocycles. The van der Waals surface area contributed by atoms with Gasteiger partial charge in [0.15, 0.2) is 11.6 Å². The topological polar surface area (TPSA) is 34.1 Å². The fourth-order valence-corrected chi connectivity index (χ4v) is 3.49. The lowest BCUT2D eigenvalue weighted by molar-refractivity contribution is -0.120. The Kier molecular flexibility index (Phi) is 3.66. The number of halogens is 2. The van der Waals surface area contributed by atoms with Gasteiger partial charge in [0.25, 0.3) is 0 Å². The molecule has 0 amide bonds. The van der Waals surface area contributed by atoms with E-state index >= 15 is 0 Å². The fraction of sp³-hybridized carbons (Fsp3) is 0.417. The van der Waals surface area contributed by atoms with Crippen LogP contribution in [-0.4, -0.2) is 15.2 Å². The highest BCUT2D eigenvalue weighted by molar-refractivity contribution is 7.85. The summed E-state index contributed by atoms with van der Waals surface area (Å²) in [4.78, 5) is 11.5. The molecule has 2 nitrogen and oxygen atoms in total. The Labute approximate surface area is 100 Å². The van der Waals surface area contributed by atoms with E-state index in [1.807, 2.05) is 0 Å². The van der Waals surface area contributed by atoms with Crippen molar-refractivity contribution in [2.24, 2.45) is 0 Å². The van der Waals surface area contributed by atoms with Crippen LogP contribution in [0.2, 0.25) is 0 Å². The summed E-state index contributed by atoms with van der Waals surface area (Å²) < 4.78 is 37.8.